The molecule has 0 spiro atoms. The molecule has 258 valence electrons. The van der Waals surface area contributed by atoms with Crippen molar-refractivity contribution in [1.29, 1.82) is 0 Å². The van der Waals surface area contributed by atoms with Gasteiger partial charge in [0.2, 0.25) is 5.91 Å². The maximum Gasteiger partial charge on any atom is 0.321 e. The molecular formula is C40H50N6O3. The van der Waals surface area contributed by atoms with E-state index in [9.17, 15) is 14.7 Å². The summed E-state index contributed by atoms with van der Waals surface area (Å²) in [7, 11) is 0. The molecule has 0 radical (unpaired) electrons. The highest BCUT2D eigenvalue weighted by atomic mass is 16.3. The van der Waals surface area contributed by atoms with Gasteiger partial charge < -0.3 is 26.4 Å². The molecule has 4 atom stereocenters. The van der Waals surface area contributed by atoms with Crippen molar-refractivity contribution in [2.75, 3.05) is 13.1 Å². The van der Waals surface area contributed by atoms with Gasteiger partial charge in [-0.25, -0.2) is 4.79 Å². The van der Waals surface area contributed by atoms with E-state index in [4.69, 9.17) is 11.5 Å². The van der Waals surface area contributed by atoms with Crippen LogP contribution in [0.3, 0.4) is 0 Å². The Morgan fingerprint density at radius 3 is 2.29 bits per heavy atom. The Morgan fingerprint density at radius 2 is 1.63 bits per heavy atom. The number of hydrogen-bond donors (Lipinski definition) is 3. The van der Waals surface area contributed by atoms with Crippen LogP contribution in [0, 0.1) is 25.2 Å². The summed E-state index contributed by atoms with van der Waals surface area (Å²) in [6, 6.07) is 26.7. The molecule has 3 amide bonds. The number of aryl methyl sites for hydroxylation is 2. The third kappa shape index (κ3) is 9.31. The Bertz CT molecular complexity index is 1690. The molecule has 1 saturated heterocycles. The van der Waals surface area contributed by atoms with Crippen molar-refractivity contribution >= 4 is 11.9 Å². The van der Waals surface area contributed by atoms with Gasteiger partial charge in [0.25, 0.3) is 0 Å². The fraction of sp³-hybridized carbons (Fsp3) is 0.400. The van der Waals surface area contributed by atoms with Crippen LogP contribution in [0.5, 0.6) is 0 Å². The van der Waals surface area contributed by atoms with Crippen molar-refractivity contribution in [3.63, 3.8) is 0 Å². The van der Waals surface area contributed by atoms with Crippen molar-refractivity contribution in [3.8, 4) is 11.3 Å². The summed E-state index contributed by atoms with van der Waals surface area (Å²) in [5.41, 5.74) is 18.9. The highest BCUT2D eigenvalue weighted by Crippen LogP contribution is 2.37. The van der Waals surface area contributed by atoms with Crippen LogP contribution in [0.1, 0.15) is 54.8 Å². The van der Waals surface area contributed by atoms with Crippen molar-refractivity contribution in [1.82, 2.24) is 19.8 Å². The van der Waals surface area contributed by atoms with Gasteiger partial charge in [0.15, 0.2) is 0 Å². The monoisotopic (exact) mass is 662 g/mol. The SMILES string of the molecule is Cc1ccc(-c2ccc(CC(N)C[C@@H](O)[C@@H](Cc3ccccc3)CC(C)(C)C(C(N)=O)N3CCN(Cc4cccc(C)n4)C3=O)cc2)nc1. The van der Waals surface area contributed by atoms with Crippen molar-refractivity contribution < 1.29 is 14.7 Å². The summed E-state index contributed by atoms with van der Waals surface area (Å²) in [6.07, 6.45) is 3.18. The Morgan fingerprint density at radius 1 is 0.918 bits per heavy atom. The minimum Gasteiger partial charge on any atom is -0.393 e. The van der Waals surface area contributed by atoms with Crippen LogP contribution in [-0.4, -0.2) is 68.1 Å². The van der Waals surface area contributed by atoms with E-state index in [2.05, 4.69) is 40.3 Å². The van der Waals surface area contributed by atoms with Gasteiger partial charge in [-0.15, -0.1) is 0 Å². The number of amides is 3. The van der Waals surface area contributed by atoms with Crippen LogP contribution in [0.15, 0.2) is 91.1 Å². The number of hydrogen-bond acceptors (Lipinski definition) is 6. The van der Waals surface area contributed by atoms with Crippen LogP contribution in [0.2, 0.25) is 0 Å². The lowest BCUT2D eigenvalue weighted by molar-refractivity contribution is -0.126. The zero-order chi connectivity index (χ0) is 35.1. The van der Waals surface area contributed by atoms with Gasteiger partial charge in [0.05, 0.1) is 24.0 Å². The van der Waals surface area contributed by atoms with E-state index in [-0.39, 0.29) is 18.0 Å². The highest BCUT2D eigenvalue weighted by molar-refractivity contribution is 5.87. The van der Waals surface area contributed by atoms with E-state index in [0.29, 0.717) is 45.3 Å². The normalized spacial score (nSPS) is 16.0. The molecule has 5 rings (SSSR count). The largest absolute Gasteiger partial charge is 0.393 e. The lowest BCUT2D eigenvalue weighted by Crippen LogP contribution is -2.55. The smallest absolute Gasteiger partial charge is 0.321 e. The molecular weight excluding hydrogens is 612 g/mol. The summed E-state index contributed by atoms with van der Waals surface area (Å²) < 4.78 is 0. The summed E-state index contributed by atoms with van der Waals surface area (Å²) >= 11 is 0. The standard InChI is InChI=1S/C40H50N6O3/c1-27-13-18-35(43-25-27)31-16-14-30(15-17-31)22-33(41)23-36(47)32(21-29-10-6-5-7-11-29)24-40(3,4)37(38(42)48)46-20-19-45(39(46)49)26-34-12-8-9-28(2)44-34/h5-18,25,32-33,36-37,47H,19-24,26,41H2,1-4H3,(H2,42,48)/t32-,33?,36+,37?/m0/s1. The first-order valence-corrected chi connectivity index (χ1v) is 17.2. The van der Waals surface area contributed by atoms with Gasteiger partial charge in [-0.2, -0.15) is 0 Å². The molecule has 9 heteroatoms. The quantitative estimate of drug-likeness (QED) is 0.155. The van der Waals surface area contributed by atoms with E-state index in [0.717, 1.165) is 39.3 Å². The fourth-order valence-corrected chi connectivity index (χ4v) is 7.22. The number of aliphatic hydroxyl groups excluding tert-OH is 1. The first kappa shape index (κ1) is 35.7. The van der Waals surface area contributed by atoms with Gasteiger partial charge in [0.1, 0.15) is 6.04 Å². The number of benzene rings is 2. The number of aromatic nitrogens is 2. The number of rotatable bonds is 15. The van der Waals surface area contributed by atoms with E-state index in [1.165, 1.54) is 0 Å². The number of nitrogens with zero attached hydrogens (tertiary/aromatic N) is 4. The predicted octanol–water partition coefficient (Wildman–Crippen LogP) is 5.45. The van der Waals surface area contributed by atoms with Crippen molar-refractivity contribution in [3.05, 3.63) is 119 Å². The van der Waals surface area contributed by atoms with Gasteiger partial charge >= 0.3 is 6.03 Å². The Hall–Kier alpha value is -4.60. The predicted molar refractivity (Wildman–Crippen MR) is 193 cm³/mol. The first-order chi connectivity index (χ1) is 23.4. The van der Waals surface area contributed by atoms with E-state index in [1.807, 2.05) is 88.5 Å². The Labute approximate surface area is 290 Å². The molecule has 0 aliphatic carbocycles. The molecule has 1 fully saturated rings. The number of pyridine rings is 2. The lowest BCUT2D eigenvalue weighted by Gasteiger charge is -2.41. The van der Waals surface area contributed by atoms with E-state index in [1.54, 1.807) is 9.80 Å². The first-order valence-electron chi connectivity index (χ1n) is 17.2. The van der Waals surface area contributed by atoms with Crippen molar-refractivity contribution in [2.24, 2.45) is 22.8 Å². The van der Waals surface area contributed by atoms with Gasteiger partial charge in [-0.3, -0.25) is 14.8 Å². The van der Waals surface area contributed by atoms with E-state index < -0.39 is 23.5 Å². The number of aliphatic hydroxyl groups is 1. The fourth-order valence-electron chi connectivity index (χ4n) is 7.22. The van der Waals surface area contributed by atoms with Gasteiger partial charge in [-0.05, 0) is 85.8 Å². The summed E-state index contributed by atoms with van der Waals surface area (Å²) in [5.74, 6) is -0.784. The molecule has 2 aromatic heterocycles. The topological polar surface area (TPSA) is 139 Å². The van der Waals surface area contributed by atoms with Crippen LogP contribution >= 0.6 is 0 Å². The zero-order valence-electron chi connectivity index (χ0n) is 29.1. The molecule has 4 aromatic rings. The minimum atomic E-state index is -0.851. The molecule has 1 aliphatic rings. The molecule has 3 heterocycles. The van der Waals surface area contributed by atoms with Crippen LogP contribution < -0.4 is 11.5 Å². The maximum absolute atomic E-state index is 13.7. The summed E-state index contributed by atoms with van der Waals surface area (Å²) in [6.45, 7) is 9.10. The van der Waals surface area contributed by atoms with Crippen LogP contribution in [0.25, 0.3) is 11.3 Å². The second-order valence-corrected chi connectivity index (χ2v) is 14.3. The molecule has 5 N–H and O–H groups in total. The number of carbonyl (C=O) groups excluding carboxylic acids is 2. The highest BCUT2D eigenvalue weighted by Gasteiger charge is 2.46. The van der Waals surface area contributed by atoms with Crippen molar-refractivity contribution in [2.45, 2.75) is 78.1 Å². The zero-order valence-corrected chi connectivity index (χ0v) is 29.1. The molecule has 2 aromatic carbocycles. The third-order valence-electron chi connectivity index (χ3n) is 9.62. The lowest BCUT2D eigenvalue weighted by atomic mass is 9.72. The second-order valence-electron chi connectivity index (χ2n) is 14.3. The average molecular weight is 663 g/mol. The average Bonchev–Trinajstić information content (AvgIpc) is 3.40. The van der Waals surface area contributed by atoms with Gasteiger partial charge in [-0.1, -0.05) is 80.6 Å². The van der Waals surface area contributed by atoms with Crippen LogP contribution in [0.4, 0.5) is 4.79 Å². The molecule has 49 heavy (non-hydrogen) atoms. The summed E-state index contributed by atoms with van der Waals surface area (Å²) in [5, 5.41) is 11.8. The number of primary amides is 1. The molecule has 2 unspecified atom stereocenters. The molecule has 0 bridgehead atoms. The summed E-state index contributed by atoms with van der Waals surface area (Å²) in [4.78, 5) is 39.2. The van der Waals surface area contributed by atoms with Crippen LogP contribution in [-0.2, 0) is 24.2 Å². The minimum absolute atomic E-state index is 0.230. The molecule has 1 aliphatic heterocycles. The maximum atomic E-state index is 13.7. The van der Waals surface area contributed by atoms with Gasteiger partial charge in [0, 0.05) is 36.6 Å². The number of urea groups is 1. The molecule has 0 saturated carbocycles. The number of carbonyl (C=O) groups is 2. The second kappa shape index (κ2) is 15.7. The molecule has 9 nitrogen and oxygen atoms in total. The Balaban J connectivity index is 1.28. The Kier molecular flexibility index (Phi) is 11.5. The van der Waals surface area contributed by atoms with E-state index >= 15 is 0 Å². The number of nitrogens with two attached hydrogens (primary N) is 2. The third-order valence-corrected chi connectivity index (χ3v) is 9.62.